The minimum Gasteiger partial charge on any atom is -0.357 e. The van der Waals surface area contributed by atoms with Crippen LogP contribution < -0.4 is 5.32 Å². The second kappa shape index (κ2) is 11.0. The number of hydrogen-bond acceptors (Lipinski definition) is 3. The monoisotopic (exact) mass is 508 g/mol. The van der Waals surface area contributed by atoms with Crippen LogP contribution in [0.4, 0.5) is 0 Å². The Labute approximate surface area is 191 Å². The topological polar surface area (TPSA) is 48.7 Å². The van der Waals surface area contributed by atoms with E-state index in [1.165, 1.54) is 37.9 Å². The number of imidazole rings is 1. The molecule has 0 saturated carbocycles. The van der Waals surface area contributed by atoms with Crippen molar-refractivity contribution in [2.45, 2.75) is 45.3 Å². The van der Waals surface area contributed by atoms with E-state index in [0.717, 1.165) is 38.0 Å². The van der Waals surface area contributed by atoms with Gasteiger partial charge in [-0.1, -0.05) is 30.3 Å². The largest absolute Gasteiger partial charge is 0.357 e. The van der Waals surface area contributed by atoms with Crippen molar-refractivity contribution in [3.8, 4) is 0 Å². The van der Waals surface area contributed by atoms with Crippen molar-refractivity contribution in [1.82, 2.24) is 24.7 Å². The van der Waals surface area contributed by atoms with E-state index < -0.39 is 0 Å². The zero-order chi connectivity index (χ0) is 19.2. The van der Waals surface area contributed by atoms with Crippen molar-refractivity contribution in [2.75, 3.05) is 32.7 Å². The summed E-state index contributed by atoms with van der Waals surface area (Å²) in [5, 5.41) is 3.49. The summed E-state index contributed by atoms with van der Waals surface area (Å²) in [6, 6.07) is 11.2. The molecular weight excluding hydrogens is 475 g/mol. The van der Waals surface area contributed by atoms with Gasteiger partial charge in [-0.2, -0.15) is 0 Å². The summed E-state index contributed by atoms with van der Waals surface area (Å²) >= 11 is 0. The Kier molecular flexibility index (Phi) is 8.35. The second-order valence-electron chi connectivity index (χ2n) is 7.76. The van der Waals surface area contributed by atoms with E-state index in [4.69, 9.17) is 4.99 Å². The van der Waals surface area contributed by atoms with E-state index in [1.807, 2.05) is 12.4 Å². The molecule has 2 aromatic rings. The number of guanidine groups is 1. The molecule has 1 aromatic heterocycles. The van der Waals surface area contributed by atoms with Gasteiger partial charge in [0.25, 0.3) is 0 Å². The third kappa shape index (κ3) is 5.72. The highest BCUT2D eigenvalue weighted by atomic mass is 127. The summed E-state index contributed by atoms with van der Waals surface area (Å²) in [6.45, 7) is 9.18. The molecule has 0 bridgehead atoms. The lowest BCUT2D eigenvalue weighted by Crippen LogP contribution is -2.42. The van der Waals surface area contributed by atoms with Gasteiger partial charge in [-0.25, -0.2) is 9.98 Å². The standard InChI is InChI=1S/C22H32N6.HI/c1-2-23-22(28-14-10-20(18-28)26-12-6-7-13-26)25-16-21-24-11-15-27(21)17-19-8-4-3-5-9-19;/h3-5,8-9,11,15,20H,2,6-7,10,12-14,16-18H2,1H3,(H,23,25);1H. The van der Waals surface area contributed by atoms with Gasteiger partial charge >= 0.3 is 0 Å². The van der Waals surface area contributed by atoms with E-state index in [2.05, 4.69) is 61.9 Å². The van der Waals surface area contributed by atoms with Crippen LogP contribution in [-0.4, -0.2) is 64.1 Å². The summed E-state index contributed by atoms with van der Waals surface area (Å²) in [4.78, 5) is 14.6. The molecule has 2 saturated heterocycles. The fourth-order valence-corrected chi connectivity index (χ4v) is 4.33. The molecule has 7 heteroatoms. The number of aromatic nitrogens is 2. The molecule has 29 heavy (non-hydrogen) atoms. The number of nitrogens with zero attached hydrogens (tertiary/aromatic N) is 5. The molecule has 1 aromatic carbocycles. The molecular formula is C22H33IN6. The predicted molar refractivity (Wildman–Crippen MR) is 129 cm³/mol. The number of halogens is 1. The van der Waals surface area contributed by atoms with Crippen LogP contribution in [-0.2, 0) is 13.1 Å². The van der Waals surface area contributed by atoms with Crippen molar-refractivity contribution in [3.05, 3.63) is 54.1 Å². The second-order valence-corrected chi connectivity index (χ2v) is 7.76. The Morgan fingerprint density at radius 3 is 2.72 bits per heavy atom. The maximum Gasteiger partial charge on any atom is 0.194 e. The first-order valence-electron chi connectivity index (χ1n) is 10.6. The lowest BCUT2D eigenvalue weighted by Gasteiger charge is -2.25. The van der Waals surface area contributed by atoms with Gasteiger partial charge < -0.3 is 14.8 Å². The molecule has 158 valence electrons. The number of benzene rings is 1. The normalized spacial score (nSPS) is 20.1. The van der Waals surface area contributed by atoms with Crippen molar-refractivity contribution >= 4 is 29.9 Å². The molecule has 2 aliphatic rings. The third-order valence-corrected chi connectivity index (χ3v) is 5.82. The molecule has 0 radical (unpaired) electrons. The molecule has 2 aliphatic heterocycles. The Bertz CT molecular complexity index is 769. The minimum atomic E-state index is 0. The fourth-order valence-electron chi connectivity index (χ4n) is 4.33. The molecule has 2 fully saturated rings. The van der Waals surface area contributed by atoms with Crippen LogP contribution in [0.15, 0.2) is 47.7 Å². The van der Waals surface area contributed by atoms with Gasteiger partial charge in [-0.05, 0) is 44.8 Å². The number of hydrogen-bond donors (Lipinski definition) is 1. The Morgan fingerprint density at radius 2 is 1.97 bits per heavy atom. The van der Waals surface area contributed by atoms with Gasteiger partial charge in [-0.15, -0.1) is 24.0 Å². The van der Waals surface area contributed by atoms with E-state index >= 15 is 0 Å². The summed E-state index contributed by atoms with van der Waals surface area (Å²) in [5.74, 6) is 2.04. The average Bonchev–Trinajstić information content (AvgIpc) is 3.47. The fraction of sp³-hybridized carbons (Fsp3) is 0.545. The predicted octanol–water partition coefficient (Wildman–Crippen LogP) is 3.19. The maximum absolute atomic E-state index is 4.93. The average molecular weight is 508 g/mol. The van der Waals surface area contributed by atoms with Crippen molar-refractivity contribution in [1.29, 1.82) is 0 Å². The van der Waals surface area contributed by atoms with Gasteiger partial charge in [0, 0.05) is 44.6 Å². The molecule has 1 atom stereocenters. The van der Waals surface area contributed by atoms with Crippen LogP contribution in [0.2, 0.25) is 0 Å². The lowest BCUT2D eigenvalue weighted by atomic mass is 10.2. The van der Waals surface area contributed by atoms with E-state index in [0.29, 0.717) is 12.6 Å². The van der Waals surface area contributed by atoms with E-state index in [1.54, 1.807) is 0 Å². The number of likely N-dealkylation sites (tertiary alicyclic amines) is 2. The zero-order valence-electron chi connectivity index (χ0n) is 17.3. The summed E-state index contributed by atoms with van der Waals surface area (Å²) in [6.07, 6.45) is 7.88. The van der Waals surface area contributed by atoms with Gasteiger partial charge in [0.1, 0.15) is 12.4 Å². The Morgan fingerprint density at radius 1 is 1.17 bits per heavy atom. The van der Waals surface area contributed by atoms with Crippen LogP contribution in [0.3, 0.4) is 0 Å². The molecule has 3 heterocycles. The van der Waals surface area contributed by atoms with Crippen LogP contribution in [0.25, 0.3) is 0 Å². The molecule has 0 amide bonds. The van der Waals surface area contributed by atoms with Crippen LogP contribution >= 0.6 is 24.0 Å². The first-order chi connectivity index (χ1) is 13.8. The van der Waals surface area contributed by atoms with Gasteiger partial charge in [0.2, 0.25) is 0 Å². The van der Waals surface area contributed by atoms with Crippen LogP contribution in [0.1, 0.15) is 37.6 Å². The van der Waals surface area contributed by atoms with Gasteiger partial charge in [0.05, 0.1) is 0 Å². The molecule has 0 spiro atoms. The summed E-state index contributed by atoms with van der Waals surface area (Å²) in [5.41, 5.74) is 1.28. The quantitative estimate of drug-likeness (QED) is 0.370. The third-order valence-electron chi connectivity index (χ3n) is 5.82. The minimum absolute atomic E-state index is 0. The van der Waals surface area contributed by atoms with Gasteiger partial charge in [-0.3, -0.25) is 4.90 Å². The van der Waals surface area contributed by atoms with Crippen LogP contribution in [0, 0.1) is 0 Å². The first kappa shape index (κ1) is 22.1. The van der Waals surface area contributed by atoms with Crippen molar-refractivity contribution in [2.24, 2.45) is 4.99 Å². The highest BCUT2D eigenvalue weighted by Gasteiger charge is 2.30. The van der Waals surface area contributed by atoms with Crippen LogP contribution in [0.5, 0.6) is 0 Å². The number of rotatable bonds is 6. The summed E-state index contributed by atoms with van der Waals surface area (Å²) < 4.78 is 2.19. The Hall–Kier alpha value is -1.61. The number of nitrogens with one attached hydrogen (secondary N) is 1. The number of aliphatic imine (C=N–C) groups is 1. The highest BCUT2D eigenvalue weighted by Crippen LogP contribution is 2.20. The zero-order valence-corrected chi connectivity index (χ0v) is 19.7. The molecule has 1 unspecified atom stereocenters. The first-order valence-corrected chi connectivity index (χ1v) is 10.6. The van der Waals surface area contributed by atoms with E-state index in [9.17, 15) is 0 Å². The maximum atomic E-state index is 4.93. The molecule has 1 N–H and O–H groups in total. The van der Waals surface area contributed by atoms with Gasteiger partial charge in [0.15, 0.2) is 5.96 Å². The molecule has 6 nitrogen and oxygen atoms in total. The summed E-state index contributed by atoms with van der Waals surface area (Å²) in [7, 11) is 0. The van der Waals surface area contributed by atoms with Crippen molar-refractivity contribution < 1.29 is 0 Å². The van der Waals surface area contributed by atoms with E-state index in [-0.39, 0.29) is 24.0 Å². The highest BCUT2D eigenvalue weighted by molar-refractivity contribution is 14.0. The Balaban J connectivity index is 0.00000240. The molecule has 0 aliphatic carbocycles. The van der Waals surface area contributed by atoms with Crippen molar-refractivity contribution in [3.63, 3.8) is 0 Å². The SMILES string of the molecule is CCNC(=NCc1nccn1Cc1ccccc1)N1CCC(N2CCCC2)C1.I. The lowest BCUT2D eigenvalue weighted by molar-refractivity contribution is 0.249. The molecule has 4 rings (SSSR count). The smallest absolute Gasteiger partial charge is 0.194 e.